The van der Waals surface area contributed by atoms with E-state index < -0.39 is 25.3 Å². The van der Waals surface area contributed by atoms with Gasteiger partial charge in [0.15, 0.2) is 35.4 Å². The van der Waals surface area contributed by atoms with Crippen molar-refractivity contribution in [2.24, 2.45) is 11.8 Å². The van der Waals surface area contributed by atoms with Crippen LogP contribution in [0, 0.1) is 17.0 Å². The van der Waals surface area contributed by atoms with Crippen molar-refractivity contribution >= 4 is 29.2 Å². The lowest BCUT2D eigenvalue weighted by Gasteiger charge is -2.22. The lowest BCUT2D eigenvalue weighted by molar-refractivity contribution is -0.605. The summed E-state index contributed by atoms with van der Waals surface area (Å²) in [6, 6.07) is 7.77. The molecule has 0 bridgehead atoms. The third-order valence-electron chi connectivity index (χ3n) is 6.99. The second-order valence-corrected chi connectivity index (χ2v) is 11.3. The lowest BCUT2D eigenvalue weighted by atomic mass is 10.0. The molecule has 14 heteroatoms. The molecule has 2 saturated carbocycles. The number of carbonyl (C=O) groups is 1. The highest BCUT2D eigenvalue weighted by Gasteiger charge is 2.28. The number of esters is 1. The quantitative estimate of drug-likeness (QED) is 0.0720. The van der Waals surface area contributed by atoms with Gasteiger partial charge in [-0.3, -0.25) is 0 Å². The summed E-state index contributed by atoms with van der Waals surface area (Å²) in [6.45, 7) is -5.67. The fourth-order valence-corrected chi connectivity index (χ4v) is 4.89. The van der Waals surface area contributed by atoms with Crippen molar-refractivity contribution in [2.75, 3.05) is 13.2 Å². The van der Waals surface area contributed by atoms with Gasteiger partial charge in [0.1, 0.15) is 16.1 Å². The first-order chi connectivity index (χ1) is 21.0. The summed E-state index contributed by atoms with van der Waals surface area (Å²) in [5.74, 6) is -0.773. The minimum absolute atomic E-state index is 0.000623. The van der Waals surface area contributed by atoms with Crippen molar-refractivity contribution in [2.45, 2.75) is 51.4 Å². The fraction of sp³-hybridized carbons (Fsp3) is 0.400. The maximum absolute atomic E-state index is 13.5. The lowest BCUT2D eigenvalue weighted by Crippen LogP contribution is -2.25. The smallest absolute Gasteiger partial charge is 0.387 e. The first-order valence-corrected chi connectivity index (χ1v) is 14.5. The highest BCUT2D eigenvalue weighted by Crippen LogP contribution is 2.39. The Hall–Kier alpha value is -3.64. The molecule has 2 aliphatic carbocycles. The monoisotopic (exact) mass is 659 g/mol. The molecule has 1 heterocycles. The molecule has 44 heavy (non-hydrogen) atoms. The van der Waals surface area contributed by atoms with Crippen LogP contribution in [0.3, 0.4) is 0 Å². The molecule has 1 aromatic heterocycles. The minimum Gasteiger partial charge on any atom is -0.619 e. The molecular weight excluding hydrogens is 633 g/mol. The van der Waals surface area contributed by atoms with Gasteiger partial charge in [-0.05, 0) is 73.4 Å². The van der Waals surface area contributed by atoms with Crippen LogP contribution in [0.15, 0.2) is 48.8 Å². The van der Waals surface area contributed by atoms with Gasteiger partial charge in [-0.1, -0.05) is 29.3 Å². The molecule has 0 amide bonds. The van der Waals surface area contributed by atoms with E-state index in [1.807, 2.05) is 0 Å². The summed E-state index contributed by atoms with van der Waals surface area (Å²) in [5.41, 5.74) is 0.563. The predicted molar refractivity (Wildman–Crippen MR) is 150 cm³/mol. The van der Waals surface area contributed by atoms with Crippen molar-refractivity contribution in [1.82, 2.24) is 0 Å². The van der Waals surface area contributed by atoms with Gasteiger partial charge >= 0.3 is 19.2 Å². The fourth-order valence-electron chi connectivity index (χ4n) is 4.29. The second kappa shape index (κ2) is 14.0. The average Bonchev–Trinajstić information content (AvgIpc) is 3.88. The molecule has 236 valence electrons. The zero-order chi connectivity index (χ0) is 31.4. The molecule has 8 nitrogen and oxygen atoms in total. The van der Waals surface area contributed by atoms with Gasteiger partial charge in [0.25, 0.3) is 0 Å². The first kappa shape index (κ1) is 31.8. The summed E-state index contributed by atoms with van der Waals surface area (Å²) in [5, 5.41) is 11.8. The number of nitrogens with zero attached hydrogens (tertiary/aromatic N) is 1. The molecule has 1 atom stereocenters. The number of carbonyl (C=O) groups excluding carboxylic acids is 1. The molecule has 0 saturated heterocycles. The molecule has 0 unspecified atom stereocenters. The maximum Gasteiger partial charge on any atom is 0.387 e. The van der Waals surface area contributed by atoms with Gasteiger partial charge in [0, 0.05) is 12.0 Å². The molecule has 0 radical (unpaired) electrons. The van der Waals surface area contributed by atoms with Crippen molar-refractivity contribution in [3.05, 3.63) is 80.7 Å². The van der Waals surface area contributed by atoms with Crippen molar-refractivity contribution in [3.63, 3.8) is 0 Å². The van der Waals surface area contributed by atoms with Crippen molar-refractivity contribution < 1.29 is 50.8 Å². The molecular formula is C30H27Cl2F4NO7. The van der Waals surface area contributed by atoms with Crippen LogP contribution in [-0.4, -0.2) is 32.4 Å². The molecule has 5 rings (SSSR count). The SMILES string of the molecule is O=C(O[C@H](Cc1c(Cl)c[n+]([O-])cc1Cl)c1ccc(OC(F)F)c(OCC2CC2)c1)c1ccc(OC(F)F)c(OCC2CC2)c1. The topological polar surface area (TPSA) is 90.2 Å². The number of ether oxygens (including phenoxy) is 5. The standard InChI is InChI=1S/C30H27Cl2F4NO7/c31-21-12-37(39)13-22(32)20(21)11-25(18-5-7-23(43-29(33)34)26(9-18)40-14-16-1-2-16)42-28(38)19-6-8-24(44-30(35)36)27(10-19)41-15-17-3-4-17/h5-10,12-13,16-17,25,29-30H,1-4,11,14-15H2/t25-/m1/s1. The molecule has 2 fully saturated rings. The van der Waals surface area contributed by atoms with E-state index in [1.165, 1.54) is 36.4 Å². The Morgan fingerprint density at radius 1 is 0.818 bits per heavy atom. The van der Waals surface area contributed by atoms with Gasteiger partial charge in [0.05, 0.1) is 18.8 Å². The van der Waals surface area contributed by atoms with Crippen LogP contribution in [-0.2, 0) is 11.2 Å². The maximum atomic E-state index is 13.5. The van der Waals surface area contributed by atoms with E-state index in [2.05, 4.69) is 9.47 Å². The van der Waals surface area contributed by atoms with Crippen LogP contribution in [0.1, 0.15) is 53.3 Å². The number of benzene rings is 2. The Labute approximate surface area is 259 Å². The van der Waals surface area contributed by atoms with E-state index in [1.54, 1.807) is 0 Å². The zero-order valence-corrected chi connectivity index (χ0v) is 24.5. The van der Waals surface area contributed by atoms with Crippen LogP contribution in [0.25, 0.3) is 0 Å². The van der Waals surface area contributed by atoms with Crippen LogP contribution in [0.5, 0.6) is 23.0 Å². The van der Waals surface area contributed by atoms with Gasteiger partial charge in [-0.2, -0.15) is 22.3 Å². The Kier molecular flexibility index (Phi) is 10.1. The zero-order valence-electron chi connectivity index (χ0n) is 23.0. The normalized spacial score (nSPS) is 15.3. The third-order valence-corrected chi connectivity index (χ3v) is 7.64. The highest BCUT2D eigenvalue weighted by molar-refractivity contribution is 6.35. The van der Waals surface area contributed by atoms with E-state index in [0.717, 1.165) is 38.1 Å². The Balaban J connectivity index is 1.46. The van der Waals surface area contributed by atoms with Crippen LogP contribution < -0.4 is 23.7 Å². The average molecular weight is 660 g/mol. The van der Waals surface area contributed by atoms with Crippen LogP contribution >= 0.6 is 23.2 Å². The molecule has 0 aliphatic heterocycles. The van der Waals surface area contributed by atoms with E-state index in [4.69, 9.17) is 37.4 Å². The number of alkyl halides is 4. The second-order valence-electron chi connectivity index (χ2n) is 10.5. The number of aromatic nitrogens is 1. The third kappa shape index (κ3) is 8.72. The minimum atomic E-state index is -3.11. The predicted octanol–water partition coefficient (Wildman–Crippen LogP) is 7.55. The number of hydrogen-bond donors (Lipinski definition) is 0. The molecule has 2 aliphatic rings. The van der Waals surface area contributed by atoms with E-state index in [-0.39, 0.29) is 69.7 Å². The van der Waals surface area contributed by atoms with Crippen LogP contribution in [0.4, 0.5) is 17.6 Å². The molecule has 3 aromatic rings. The van der Waals surface area contributed by atoms with Crippen LogP contribution in [0.2, 0.25) is 10.0 Å². The highest BCUT2D eigenvalue weighted by atomic mass is 35.5. The summed E-state index contributed by atoms with van der Waals surface area (Å²) >= 11 is 12.6. The number of hydrogen-bond acceptors (Lipinski definition) is 7. The Bertz CT molecular complexity index is 1460. The summed E-state index contributed by atoms with van der Waals surface area (Å²) in [7, 11) is 0. The van der Waals surface area contributed by atoms with E-state index in [0.29, 0.717) is 16.2 Å². The Morgan fingerprint density at radius 2 is 1.34 bits per heavy atom. The Morgan fingerprint density at radius 3 is 1.86 bits per heavy atom. The first-order valence-electron chi connectivity index (χ1n) is 13.8. The summed E-state index contributed by atoms with van der Waals surface area (Å²) < 4.78 is 79.1. The summed E-state index contributed by atoms with van der Waals surface area (Å²) in [6.07, 6.45) is 4.69. The molecule has 2 aromatic carbocycles. The molecule has 0 N–H and O–H groups in total. The number of halogens is 6. The van der Waals surface area contributed by atoms with Gasteiger partial charge < -0.3 is 28.9 Å². The van der Waals surface area contributed by atoms with Crippen molar-refractivity contribution in [3.8, 4) is 23.0 Å². The van der Waals surface area contributed by atoms with E-state index in [9.17, 15) is 27.6 Å². The van der Waals surface area contributed by atoms with Crippen molar-refractivity contribution in [1.29, 1.82) is 0 Å². The van der Waals surface area contributed by atoms with Gasteiger partial charge in [-0.15, -0.1) is 0 Å². The van der Waals surface area contributed by atoms with Gasteiger partial charge in [0.2, 0.25) is 0 Å². The largest absolute Gasteiger partial charge is 0.619 e. The summed E-state index contributed by atoms with van der Waals surface area (Å²) in [4.78, 5) is 13.5. The molecule has 0 spiro atoms. The number of rotatable bonds is 15. The van der Waals surface area contributed by atoms with Gasteiger partial charge in [-0.25, -0.2) is 4.79 Å². The number of pyridine rings is 1. The van der Waals surface area contributed by atoms with E-state index >= 15 is 0 Å².